The van der Waals surface area contributed by atoms with Crippen molar-refractivity contribution in [2.75, 3.05) is 23.9 Å². The predicted octanol–water partition coefficient (Wildman–Crippen LogP) is 5.56. The third-order valence-corrected chi connectivity index (χ3v) is 8.53. The molecular weight excluding hydrogens is 557 g/mol. The number of nitrogens with zero attached hydrogens (tertiary/aromatic N) is 2. The van der Waals surface area contributed by atoms with Gasteiger partial charge in [0.05, 0.1) is 15.6 Å². The molecule has 0 saturated heterocycles. The molecule has 3 aromatic rings. The first-order valence-electron chi connectivity index (χ1n) is 12.8. The molecule has 1 N–H and O–H groups in total. The average molecular weight is 591 g/mol. The number of carbonyl (C=O) groups excluding carboxylic acids is 2. The minimum atomic E-state index is -4.21. The molecule has 0 unspecified atom stereocenters. The zero-order valence-corrected chi connectivity index (χ0v) is 24.3. The highest BCUT2D eigenvalue weighted by atomic mass is 35.5. The summed E-state index contributed by atoms with van der Waals surface area (Å²) in [6.07, 6.45) is 1.60. The number of carbonyl (C=O) groups is 2. The van der Waals surface area contributed by atoms with E-state index >= 15 is 0 Å². The van der Waals surface area contributed by atoms with Gasteiger partial charge in [-0.25, -0.2) is 8.42 Å². The van der Waals surface area contributed by atoms with E-state index in [0.29, 0.717) is 19.4 Å². The summed E-state index contributed by atoms with van der Waals surface area (Å²) in [5.41, 5.74) is 1.07. The van der Waals surface area contributed by atoms with Crippen LogP contribution in [0.15, 0.2) is 83.8 Å². The number of anilines is 1. The van der Waals surface area contributed by atoms with Crippen molar-refractivity contribution in [3.63, 3.8) is 0 Å². The van der Waals surface area contributed by atoms with E-state index in [1.165, 1.54) is 29.2 Å². The number of nitrogens with one attached hydrogen (secondary N) is 1. The van der Waals surface area contributed by atoms with E-state index in [1.54, 1.807) is 24.3 Å². The molecule has 0 spiro atoms. The Hall–Kier alpha value is -3.07. The molecule has 0 fully saturated rings. The molecule has 0 aliphatic carbocycles. The summed E-state index contributed by atoms with van der Waals surface area (Å²) in [6.45, 7) is 3.90. The van der Waals surface area contributed by atoms with Crippen molar-refractivity contribution in [1.29, 1.82) is 0 Å². The molecule has 1 atom stereocenters. The van der Waals surface area contributed by atoms with Gasteiger partial charge in [-0.3, -0.25) is 13.9 Å². The van der Waals surface area contributed by atoms with E-state index in [-0.39, 0.29) is 33.1 Å². The summed E-state index contributed by atoms with van der Waals surface area (Å²) in [5.74, 6) is -0.806. The number of hydrogen-bond donors (Lipinski definition) is 1. The van der Waals surface area contributed by atoms with Gasteiger partial charge >= 0.3 is 0 Å². The van der Waals surface area contributed by atoms with E-state index in [1.807, 2.05) is 44.2 Å². The van der Waals surface area contributed by atoms with Gasteiger partial charge < -0.3 is 10.2 Å². The Bertz CT molecular complexity index is 1360. The third kappa shape index (κ3) is 7.97. The molecular formula is C29H33Cl2N3O4S. The first-order chi connectivity index (χ1) is 18.7. The second-order valence-electron chi connectivity index (χ2n) is 8.96. The molecule has 0 bridgehead atoms. The molecule has 3 rings (SSSR count). The summed E-state index contributed by atoms with van der Waals surface area (Å²) >= 11 is 12.6. The Labute approximate surface area is 240 Å². The molecule has 39 heavy (non-hydrogen) atoms. The SMILES string of the molecule is CCCNC(=O)[C@H](CC)N(CCc1ccccc1)C(=O)CN(c1cc(Cl)ccc1Cl)S(=O)(=O)c1ccccc1. The fourth-order valence-corrected chi connectivity index (χ4v) is 6.05. The van der Waals surface area contributed by atoms with Crippen molar-refractivity contribution in [2.45, 2.75) is 44.0 Å². The first-order valence-corrected chi connectivity index (χ1v) is 15.0. The second kappa shape index (κ2) is 14.4. The number of amides is 2. The Morgan fingerprint density at radius 3 is 2.18 bits per heavy atom. The van der Waals surface area contributed by atoms with Crippen molar-refractivity contribution >= 4 is 50.7 Å². The lowest BCUT2D eigenvalue weighted by Gasteiger charge is -2.33. The van der Waals surface area contributed by atoms with Crippen LogP contribution < -0.4 is 9.62 Å². The number of benzene rings is 3. The fourth-order valence-electron chi connectivity index (χ4n) is 4.17. The third-order valence-electron chi connectivity index (χ3n) is 6.21. The van der Waals surface area contributed by atoms with Gasteiger partial charge in [-0.1, -0.05) is 85.6 Å². The molecule has 7 nitrogen and oxygen atoms in total. The largest absolute Gasteiger partial charge is 0.354 e. The topological polar surface area (TPSA) is 86.8 Å². The lowest BCUT2D eigenvalue weighted by Crippen LogP contribution is -2.53. The molecule has 0 radical (unpaired) electrons. The van der Waals surface area contributed by atoms with Crippen LogP contribution in [0.25, 0.3) is 0 Å². The van der Waals surface area contributed by atoms with Crippen LogP contribution in [-0.4, -0.2) is 50.8 Å². The van der Waals surface area contributed by atoms with Gasteiger partial charge in [0.15, 0.2) is 0 Å². The summed E-state index contributed by atoms with van der Waals surface area (Å²) < 4.78 is 28.6. The second-order valence-corrected chi connectivity index (χ2v) is 11.7. The molecule has 0 aliphatic rings. The van der Waals surface area contributed by atoms with Crippen molar-refractivity contribution in [2.24, 2.45) is 0 Å². The summed E-state index contributed by atoms with van der Waals surface area (Å²) in [4.78, 5) is 28.5. The van der Waals surface area contributed by atoms with Crippen molar-refractivity contribution < 1.29 is 18.0 Å². The highest BCUT2D eigenvalue weighted by Crippen LogP contribution is 2.33. The molecule has 0 aliphatic heterocycles. The maximum absolute atomic E-state index is 14.0. The molecule has 208 valence electrons. The van der Waals surface area contributed by atoms with E-state index in [9.17, 15) is 18.0 Å². The minimum Gasteiger partial charge on any atom is -0.354 e. The van der Waals surface area contributed by atoms with Crippen LogP contribution in [-0.2, 0) is 26.0 Å². The maximum atomic E-state index is 14.0. The quantitative estimate of drug-likeness (QED) is 0.282. The number of hydrogen-bond acceptors (Lipinski definition) is 4. The van der Waals surface area contributed by atoms with Crippen LogP contribution in [0.4, 0.5) is 5.69 Å². The lowest BCUT2D eigenvalue weighted by molar-refractivity contribution is -0.139. The lowest BCUT2D eigenvalue weighted by atomic mass is 10.1. The van der Waals surface area contributed by atoms with E-state index in [2.05, 4.69) is 5.32 Å². The van der Waals surface area contributed by atoms with Gasteiger partial charge in [0.2, 0.25) is 11.8 Å². The Morgan fingerprint density at radius 1 is 0.923 bits per heavy atom. The van der Waals surface area contributed by atoms with Gasteiger partial charge in [0.1, 0.15) is 12.6 Å². The molecule has 3 aromatic carbocycles. The average Bonchev–Trinajstić information content (AvgIpc) is 2.94. The van der Waals surface area contributed by atoms with Gasteiger partial charge in [0.25, 0.3) is 10.0 Å². The monoisotopic (exact) mass is 589 g/mol. The van der Waals surface area contributed by atoms with Gasteiger partial charge in [-0.15, -0.1) is 0 Å². The van der Waals surface area contributed by atoms with Gasteiger partial charge in [0, 0.05) is 18.1 Å². The Kier molecular flexibility index (Phi) is 11.2. The van der Waals surface area contributed by atoms with E-state index in [4.69, 9.17) is 23.2 Å². The highest BCUT2D eigenvalue weighted by molar-refractivity contribution is 7.92. The van der Waals surface area contributed by atoms with Crippen LogP contribution in [0.1, 0.15) is 32.3 Å². The van der Waals surface area contributed by atoms with Crippen LogP contribution in [0.3, 0.4) is 0 Å². The Morgan fingerprint density at radius 2 is 1.56 bits per heavy atom. The van der Waals surface area contributed by atoms with Crippen LogP contribution >= 0.6 is 23.2 Å². The fraction of sp³-hybridized carbons (Fsp3) is 0.310. The normalized spacial score (nSPS) is 12.0. The van der Waals surface area contributed by atoms with Gasteiger partial charge in [-0.2, -0.15) is 0 Å². The highest BCUT2D eigenvalue weighted by Gasteiger charge is 2.34. The minimum absolute atomic E-state index is 0.00240. The zero-order valence-electron chi connectivity index (χ0n) is 22.0. The Balaban J connectivity index is 2.02. The predicted molar refractivity (Wildman–Crippen MR) is 157 cm³/mol. The number of halogens is 2. The number of rotatable bonds is 13. The van der Waals surface area contributed by atoms with Crippen LogP contribution in [0, 0.1) is 0 Å². The van der Waals surface area contributed by atoms with Crippen molar-refractivity contribution in [3.8, 4) is 0 Å². The van der Waals surface area contributed by atoms with E-state index in [0.717, 1.165) is 16.3 Å². The van der Waals surface area contributed by atoms with Crippen LogP contribution in [0.5, 0.6) is 0 Å². The van der Waals surface area contributed by atoms with Crippen molar-refractivity contribution in [3.05, 3.63) is 94.5 Å². The maximum Gasteiger partial charge on any atom is 0.264 e. The number of sulfonamides is 1. The summed E-state index contributed by atoms with van der Waals surface area (Å²) in [5, 5.41) is 3.26. The molecule has 10 heteroatoms. The van der Waals surface area contributed by atoms with Crippen molar-refractivity contribution in [1.82, 2.24) is 10.2 Å². The van der Waals surface area contributed by atoms with Crippen LogP contribution in [0.2, 0.25) is 10.0 Å². The zero-order chi connectivity index (χ0) is 28.4. The molecule has 0 aromatic heterocycles. The first kappa shape index (κ1) is 30.5. The standard InChI is InChI=1S/C29H33Cl2N3O4S/c1-3-18-32-29(36)26(4-2)33(19-17-22-11-7-5-8-12-22)28(35)21-34(27-20-23(30)15-16-25(27)31)39(37,38)24-13-9-6-10-14-24/h5-16,20,26H,3-4,17-19,21H2,1-2H3,(H,32,36)/t26-/m0/s1. The molecule has 0 saturated carbocycles. The smallest absolute Gasteiger partial charge is 0.264 e. The van der Waals surface area contributed by atoms with Gasteiger partial charge in [-0.05, 0) is 55.2 Å². The summed E-state index contributed by atoms with van der Waals surface area (Å²) in [7, 11) is -4.21. The molecule has 2 amide bonds. The molecule has 0 heterocycles. The van der Waals surface area contributed by atoms with E-state index < -0.39 is 28.5 Å². The summed E-state index contributed by atoms with van der Waals surface area (Å²) in [6, 6.07) is 21.1.